The largest absolute Gasteiger partial charge is 0.508 e. The third-order valence-electron chi connectivity index (χ3n) is 4.63. The number of imide groups is 1. The highest BCUT2D eigenvalue weighted by Gasteiger charge is 2.40. The molecule has 0 aliphatic heterocycles. The van der Waals surface area contributed by atoms with E-state index >= 15 is 0 Å². The van der Waals surface area contributed by atoms with Gasteiger partial charge in [-0.25, -0.2) is 14.5 Å². The third kappa shape index (κ3) is 7.74. The number of phenolic OH excluding ortho intramolecular Hbond substituents is 1. The fourth-order valence-electron chi connectivity index (χ4n) is 3.18. The van der Waals surface area contributed by atoms with Gasteiger partial charge in [-0.2, -0.15) is 11.8 Å². The van der Waals surface area contributed by atoms with Crippen LogP contribution in [0.25, 0.3) is 0 Å². The predicted molar refractivity (Wildman–Crippen MR) is 121 cm³/mol. The summed E-state index contributed by atoms with van der Waals surface area (Å²) in [6.07, 6.45) is 1.26. The molecule has 2 amide bonds. The highest BCUT2D eigenvalue weighted by Crippen LogP contribution is 2.23. The number of nitrogens with two attached hydrogens (primary N) is 1. The topological polar surface area (TPSA) is 119 Å². The van der Waals surface area contributed by atoms with Gasteiger partial charge in [-0.3, -0.25) is 4.79 Å². The predicted octanol–water partition coefficient (Wildman–Crippen LogP) is 2.94. The number of benzene rings is 1. The van der Waals surface area contributed by atoms with E-state index in [1.807, 2.05) is 6.26 Å². The minimum Gasteiger partial charge on any atom is -0.508 e. The maximum absolute atomic E-state index is 13.3. The molecular weight excluding hydrogens is 420 g/mol. The Labute approximate surface area is 188 Å². The molecule has 0 aliphatic carbocycles. The van der Waals surface area contributed by atoms with Crippen molar-refractivity contribution in [2.45, 2.75) is 65.1 Å². The van der Waals surface area contributed by atoms with Crippen molar-refractivity contribution < 1.29 is 29.0 Å². The van der Waals surface area contributed by atoms with E-state index in [1.165, 1.54) is 18.9 Å². The second-order valence-electron chi connectivity index (χ2n) is 8.38. The van der Waals surface area contributed by atoms with Crippen LogP contribution in [0.2, 0.25) is 0 Å². The number of phenols is 1. The van der Waals surface area contributed by atoms with Crippen LogP contribution in [-0.2, 0) is 25.5 Å². The minimum absolute atomic E-state index is 0.122. The summed E-state index contributed by atoms with van der Waals surface area (Å²) in [5.41, 5.74) is 7.69. The Hall–Kier alpha value is -2.26. The van der Waals surface area contributed by atoms with Crippen molar-refractivity contribution in [3.05, 3.63) is 28.8 Å². The molecule has 3 N–H and O–H groups in total. The molecule has 0 unspecified atom stereocenters. The molecule has 0 fully saturated rings. The highest BCUT2D eigenvalue weighted by molar-refractivity contribution is 7.98. The van der Waals surface area contributed by atoms with Gasteiger partial charge in [0.25, 0.3) is 0 Å². The maximum atomic E-state index is 13.3. The summed E-state index contributed by atoms with van der Waals surface area (Å²) in [5, 5.41) is 9.75. The number of hydrogen-bond acceptors (Lipinski definition) is 8. The molecule has 8 nitrogen and oxygen atoms in total. The Morgan fingerprint density at radius 3 is 2.19 bits per heavy atom. The molecule has 174 valence electrons. The number of rotatable bonds is 8. The number of amides is 2. The van der Waals surface area contributed by atoms with Crippen molar-refractivity contribution in [3.8, 4) is 5.75 Å². The SMILES string of the molecule is COC(=O)[C@@H](CCSC)N(C(=O)OC(C)(C)C)C(=O)[C@@H](N)Cc1c(C)cc(O)cc1C. The molecule has 0 aliphatic rings. The number of aryl methyl sites for hydroxylation is 2. The van der Waals surface area contributed by atoms with E-state index < -0.39 is 35.7 Å². The molecule has 0 aromatic heterocycles. The van der Waals surface area contributed by atoms with E-state index in [0.717, 1.165) is 21.6 Å². The standard InChI is InChI=1S/C22H34N2O6S/c1-13-10-15(25)11-14(2)16(13)12-17(23)19(26)24(21(28)30-22(3,4)5)18(8-9-31-7)20(27)29-6/h10-11,17-18,25H,8-9,12,23H2,1-7H3/t17-,18+/m0/s1. The molecule has 0 radical (unpaired) electrons. The van der Waals surface area contributed by atoms with Crippen molar-refractivity contribution >= 4 is 29.7 Å². The van der Waals surface area contributed by atoms with Gasteiger partial charge in [0, 0.05) is 0 Å². The number of thioether (sulfide) groups is 1. The molecule has 0 bridgehead atoms. The van der Waals surface area contributed by atoms with Gasteiger partial charge in [0.05, 0.1) is 13.2 Å². The average molecular weight is 455 g/mol. The molecule has 9 heteroatoms. The van der Waals surface area contributed by atoms with Crippen LogP contribution in [0.5, 0.6) is 5.75 Å². The van der Waals surface area contributed by atoms with Crippen LogP contribution in [0.3, 0.4) is 0 Å². The number of methoxy groups -OCH3 is 1. The highest BCUT2D eigenvalue weighted by atomic mass is 32.2. The fourth-order valence-corrected chi connectivity index (χ4v) is 3.64. The zero-order valence-electron chi connectivity index (χ0n) is 19.4. The van der Waals surface area contributed by atoms with Crippen LogP contribution >= 0.6 is 11.8 Å². The maximum Gasteiger partial charge on any atom is 0.417 e. The molecule has 1 aromatic rings. The summed E-state index contributed by atoms with van der Waals surface area (Å²) in [6.45, 7) is 8.63. The van der Waals surface area contributed by atoms with Crippen molar-refractivity contribution in [3.63, 3.8) is 0 Å². The van der Waals surface area contributed by atoms with E-state index in [2.05, 4.69) is 0 Å². The molecule has 0 heterocycles. The first-order valence-corrected chi connectivity index (χ1v) is 11.4. The lowest BCUT2D eigenvalue weighted by atomic mass is 9.95. The molecule has 0 saturated carbocycles. The van der Waals surface area contributed by atoms with Gasteiger partial charge in [-0.05, 0) is 88.3 Å². The first-order valence-electron chi connectivity index (χ1n) is 9.99. The summed E-state index contributed by atoms with van der Waals surface area (Å²) in [5.74, 6) is -0.787. The quantitative estimate of drug-likeness (QED) is 0.576. The fraction of sp³-hybridized carbons (Fsp3) is 0.591. The van der Waals surface area contributed by atoms with Crippen LogP contribution in [0.4, 0.5) is 4.79 Å². The zero-order chi connectivity index (χ0) is 23.9. The Balaban J connectivity index is 3.30. The molecule has 1 aromatic carbocycles. The van der Waals surface area contributed by atoms with Crippen LogP contribution in [0.1, 0.15) is 43.9 Å². The molecule has 1 rings (SSSR count). The van der Waals surface area contributed by atoms with Crippen LogP contribution < -0.4 is 5.73 Å². The van der Waals surface area contributed by atoms with E-state index in [1.54, 1.807) is 46.8 Å². The molecule has 0 saturated heterocycles. The summed E-state index contributed by atoms with van der Waals surface area (Å²) in [7, 11) is 1.20. The van der Waals surface area contributed by atoms with Crippen LogP contribution in [-0.4, -0.2) is 64.8 Å². The lowest BCUT2D eigenvalue weighted by molar-refractivity contribution is -0.152. The normalized spacial score (nSPS) is 13.3. The lowest BCUT2D eigenvalue weighted by Gasteiger charge is -2.32. The molecule has 0 spiro atoms. The molecule has 2 atom stereocenters. The number of carbonyl (C=O) groups is 3. The zero-order valence-corrected chi connectivity index (χ0v) is 20.2. The van der Waals surface area contributed by atoms with E-state index in [4.69, 9.17) is 15.2 Å². The summed E-state index contributed by atoms with van der Waals surface area (Å²) in [4.78, 5) is 39.5. The van der Waals surface area contributed by atoms with E-state index in [9.17, 15) is 19.5 Å². The Kier molecular flexibility index (Phi) is 9.83. The smallest absolute Gasteiger partial charge is 0.417 e. The molecule has 31 heavy (non-hydrogen) atoms. The third-order valence-corrected chi connectivity index (χ3v) is 5.27. The number of carbonyl (C=O) groups excluding carboxylic acids is 3. The van der Waals surface area contributed by atoms with Crippen LogP contribution in [0.15, 0.2) is 12.1 Å². The van der Waals surface area contributed by atoms with Gasteiger partial charge in [0.15, 0.2) is 0 Å². The Morgan fingerprint density at radius 1 is 1.19 bits per heavy atom. The first kappa shape index (κ1) is 26.8. The lowest BCUT2D eigenvalue weighted by Crippen LogP contribution is -2.56. The number of ether oxygens (including phenoxy) is 2. The van der Waals surface area contributed by atoms with Gasteiger partial charge >= 0.3 is 12.1 Å². The monoisotopic (exact) mass is 454 g/mol. The van der Waals surface area contributed by atoms with E-state index in [-0.39, 0.29) is 18.6 Å². The minimum atomic E-state index is -1.15. The van der Waals surface area contributed by atoms with Gasteiger partial charge < -0.3 is 20.3 Å². The number of hydrogen-bond donors (Lipinski definition) is 2. The van der Waals surface area contributed by atoms with Gasteiger partial charge in [0.2, 0.25) is 5.91 Å². The van der Waals surface area contributed by atoms with Crippen molar-refractivity contribution in [2.24, 2.45) is 5.73 Å². The summed E-state index contributed by atoms with van der Waals surface area (Å²) >= 11 is 1.48. The Bertz CT molecular complexity index is 783. The van der Waals surface area contributed by atoms with Gasteiger partial charge in [-0.1, -0.05) is 0 Å². The Morgan fingerprint density at radius 2 is 1.74 bits per heavy atom. The molecular formula is C22H34N2O6S. The second-order valence-corrected chi connectivity index (χ2v) is 9.36. The van der Waals surface area contributed by atoms with Gasteiger partial charge in [-0.15, -0.1) is 0 Å². The van der Waals surface area contributed by atoms with Crippen molar-refractivity contribution in [2.75, 3.05) is 19.1 Å². The average Bonchev–Trinajstić information content (AvgIpc) is 2.65. The number of esters is 1. The number of nitrogens with zero attached hydrogens (tertiary/aromatic N) is 1. The second kappa shape index (κ2) is 11.4. The van der Waals surface area contributed by atoms with E-state index in [0.29, 0.717) is 5.75 Å². The van der Waals surface area contributed by atoms with Crippen molar-refractivity contribution in [1.82, 2.24) is 4.90 Å². The van der Waals surface area contributed by atoms with Gasteiger partial charge in [0.1, 0.15) is 17.4 Å². The summed E-state index contributed by atoms with van der Waals surface area (Å²) < 4.78 is 10.3. The summed E-state index contributed by atoms with van der Waals surface area (Å²) in [6, 6.07) is 0.922. The van der Waals surface area contributed by atoms with Crippen molar-refractivity contribution in [1.29, 1.82) is 0 Å². The number of aromatic hydroxyl groups is 1. The first-order chi connectivity index (χ1) is 14.3. The van der Waals surface area contributed by atoms with Crippen LogP contribution in [0, 0.1) is 13.8 Å².